The number of ether oxygens (including phenoxy) is 1. The number of carbonyl (C=O) groups is 1. The number of anilines is 2. The molecule has 0 unspecified atom stereocenters. The summed E-state index contributed by atoms with van der Waals surface area (Å²) in [5, 5.41) is 4.50. The summed E-state index contributed by atoms with van der Waals surface area (Å²) in [6.07, 6.45) is 8.29. The first kappa shape index (κ1) is 19.1. The van der Waals surface area contributed by atoms with Crippen molar-refractivity contribution >= 4 is 51.4 Å². The van der Waals surface area contributed by atoms with Crippen molar-refractivity contribution in [1.29, 1.82) is 0 Å². The van der Waals surface area contributed by atoms with Crippen LogP contribution in [-0.4, -0.2) is 46.9 Å². The molecule has 0 saturated carbocycles. The average Bonchev–Trinajstić information content (AvgIpc) is 3.56. The third kappa shape index (κ3) is 3.08. The average molecular weight is 445 g/mol. The Balaban J connectivity index is 1.35. The van der Waals surface area contributed by atoms with Crippen molar-refractivity contribution in [2.45, 2.75) is 25.9 Å². The van der Waals surface area contributed by atoms with E-state index < -0.39 is 0 Å². The van der Waals surface area contributed by atoms with E-state index in [1.165, 1.54) is 5.56 Å². The van der Waals surface area contributed by atoms with Crippen LogP contribution >= 0.6 is 11.3 Å². The summed E-state index contributed by atoms with van der Waals surface area (Å²) in [5.41, 5.74) is 5.06. The largest absolute Gasteiger partial charge is 0.495 e. The Labute approximate surface area is 188 Å². The molecular weight excluding hydrogens is 424 g/mol. The van der Waals surface area contributed by atoms with Crippen molar-refractivity contribution < 1.29 is 9.53 Å². The van der Waals surface area contributed by atoms with Crippen molar-refractivity contribution in [3.05, 3.63) is 51.8 Å². The van der Waals surface area contributed by atoms with E-state index in [2.05, 4.69) is 31.3 Å². The van der Waals surface area contributed by atoms with Gasteiger partial charge in [-0.1, -0.05) is 0 Å². The summed E-state index contributed by atoms with van der Waals surface area (Å²) in [6, 6.07) is 4.08. The molecule has 160 valence electrons. The Morgan fingerprint density at radius 3 is 3.06 bits per heavy atom. The lowest BCUT2D eigenvalue weighted by Crippen LogP contribution is -2.36. The smallest absolute Gasteiger partial charge is 0.252 e. The van der Waals surface area contributed by atoms with E-state index in [-0.39, 0.29) is 5.91 Å². The Kier molecular flexibility index (Phi) is 4.50. The molecule has 1 N–H and O–H groups in total. The third-order valence-electron chi connectivity index (χ3n) is 6.05. The van der Waals surface area contributed by atoms with E-state index in [1.807, 2.05) is 17.2 Å². The van der Waals surface area contributed by atoms with Crippen molar-refractivity contribution in [3.63, 3.8) is 0 Å². The molecular formula is C23H20N6O2S. The summed E-state index contributed by atoms with van der Waals surface area (Å²) in [7, 11) is 1.67. The van der Waals surface area contributed by atoms with Gasteiger partial charge in [-0.3, -0.25) is 14.8 Å². The molecule has 1 aromatic carbocycles. The highest BCUT2D eigenvalue weighted by atomic mass is 32.1. The number of methoxy groups -OCH3 is 1. The second-order valence-corrected chi connectivity index (χ2v) is 9.00. The molecule has 0 atom stereocenters. The third-order valence-corrected chi connectivity index (χ3v) is 7.18. The van der Waals surface area contributed by atoms with Gasteiger partial charge in [-0.2, -0.15) is 0 Å². The number of hydrogen-bond acceptors (Lipinski definition) is 8. The van der Waals surface area contributed by atoms with Gasteiger partial charge < -0.3 is 15.0 Å². The molecule has 0 fully saturated rings. The number of thiophene rings is 1. The number of rotatable bonds is 4. The molecule has 3 aromatic rings. The zero-order valence-corrected chi connectivity index (χ0v) is 18.3. The van der Waals surface area contributed by atoms with E-state index in [0.29, 0.717) is 26.1 Å². The Morgan fingerprint density at radius 2 is 2.22 bits per heavy atom. The molecule has 3 aliphatic heterocycles. The van der Waals surface area contributed by atoms with Gasteiger partial charge in [-0.15, -0.1) is 11.3 Å². The van der Waals surface area contributed by atoms with Gasteiger partial charge in [-0.05, 0) is 35.2 Å². The minimum Gasteiger partial charge on any atom is -0.495 e. The van der Waals surface area contributed by atoms with Crippen LogP contribution in [0.2, 0.25) is 0 Å². The van der Waals surface area contributed by atoms with Gasteiger partial charge in [0.05, 0.1) is 31.3 Å². The Hall–Kier alpha value is -3.59. The highest BCUT2D eigenvalue weighted by Gasteiger charge is 2.28. The molecule has 0 radical (unpaired) electrons. The molecule has 2 aromatic heterocycles. The van der Waals surface area contributed by atoms with Crippen LogP contribution in [0.1, 0.15) is 28.0 Å². The molecule has 0 saturated heterocycles. The minimum absolute atomic E-state index is 0.0691. The van der Waals surface area contributed by atoms with Crippen LogP contribution in [0.4, 0.5) is 11.5 Å². The Bertz CT molecular complexity index is 1360. The van der Waals surface area contributed by atoms with E-state index in [9.17, 15) is 4.79 Å². The number of carbonyl (C=O) groups excluding carboxylic acids is 1. The first-order valence-corrected chi connectivity index (χ1v) is 11.3. The number of nitrogens with one attached hydrogen (secondary N) is 1. The van der Waals surface area contributed by atoms with Crippen LogP contribution in [0.5, 0.6) is 5.75 Å². The van der Waals surface area contributed by atoms with Crippen LogP contribution < -0.4 is 10.1 Å². The summed E-state index contributed by atoms with van der Waals surface area (Å²) in [5.74, 6) is 1.58. The van der Waals surface area contributed by atoms with Gasteiger partial charge >= 0.3 is 0 Å². The van der Waals surface area contributed by atoms with E-state index >= 15 is 0 Å². The topological polar surface area (TPSA) is 92.1 Å². The Morgan fingerprint density at radius 1 is 1.28 bits per heavy atom. The monoisotopic (exact) mass is 444 g/mol. The van der Waals surface area contributed by atoms with Gasteiger partial charge in [0.15, 0.2) is 0 Å². The maximum absolute atomic E-state index is 12.8. The van der Waals surface area contributed by atoms with Crippen molar-refractivity contribution in [2.24, 2.45) is 9.98 Å². The van der Waals surface area contributed by atoms with E-state index in [4.69, 9.17) is 4.74 Å². The van der Waals surface area contributed by atoms with E-state index in [1.54, 1.807) is 37.2 Å². The molecule has 5 heterocycles. The van der Waals surface area contributed by atoms with Crippen LogP contribution in [0.25, 0.3) is 10.2 Å². The van der Waals surface area contributed by atoms with Crippen molar-refractivity contribution in [2.75, 3.05) is 19.0 Å². The summed E-state index contributed by atoms with van der Waals surface area (Å²) in [6.45, 7) is 1.94. The van der Waals surface area contributed by atoms with Gasteiger partial charge in [-0.25, -0.2) is 9.97 Å². The first-order valence-electron chi connectivity index (χ1n) is 10.4. The lowest BCUT2D eigenvalue weighted by Gasteiger charge is -2.27. The van der Waals surface area contributed by atoms with Crippen LogP contribution in [0.3, 0.4) is 0 Å². The molecule has 6 rings (SSSR count). The number of aliphatic imine (C=N–C) groups is 2. The zero-order chi connectivity index (χ0) is 21.7. The van der Waals surface area contributed by atoms with Gasteiger partial charge in [0.1, 0.15) is 22.7 Å². The van der Waals surface area contributed by atoms with E-state index in [0.717, 1.165) is 55.5 Å². The predicted octanol–water partition coefficient (Wildman–Crippen LogP) is 3.62. The summed E-state index contributed by atoms with van der Waals surface area (Å²) >= 11 is 1.63. The molecule has 9 heteroatoms. The van der Waals surface area contributed by atoms with Gasteiger partial charge in [0.25, 0.3) is 5.91 Å². The molecule has 3 aliphatic rings. The fraction of sp³-hybridized carbons (Fsp3) is 0.261. The van der Waals surface area contributed by atoms with Crippen LogP contribution in [0, 0.1) is 0 Å². The predicted molar refractivity (Wildman–Crippen MR) is 125 cm³/mol. The highest BCUT2D eigenvalue weighted by Crippen LogP contribution is 2.40. The fourth-order valence-electron chi connectivity index (χ4n) is 4.42. The van der Waals surface area contributed by atoms with Crippen LogP contribution in [0.15, 0.2) is 40.2 Å². The van der Waals surface area contributed by atoms with Crippen molar-refractivity contribution in [1.82, 2.24) is 14.9 Å². The first-order chi connectivity index (χ1) is 15.7. The second kappa shape index (κ2) is 7.52. The minimum atomic E-state index is 0.0691. The van der Waals surface area contributed by atoms with Gasteiger partial charge in [0, 0.05) is 42.0 Å². The molecule has 0 aliphatic carbocycles. The summed E-state index contributed by atoms with van der Waals surface area (Å²) in [4.78, 5) is 34.3. The molecule has 0 bridgehead atoms. The van der Waals surface area contributed by atoms with Crippen molar-refractivity contribution in [3.8, 4) is 5.75 Å². The lowest BCUT2D eigenvalue weighted by atomic mass is 10.0. The number of fused-ring (bicyclic) bond motifs is 4. The van der Waals surface area contributed by atoms with Crippen LogP contribution in [-0.2, 0) is 24.3 Å². The maximum Gasteiger partial charge on any atom is 0.252 e. The fourth-order valence-corrected chi connectivity index (χ4v) is 5.62. The number of benzene rings is 1. The maximum atomic E-state index is 12.8. The molecule has 0 spiro atoms. The standard InChI is InChI=1S/C23H20N6O2S/c1-31-18-7-15-10-25-9-14(15)6-17(18)28-21-20-16-3-5-29(23(30)13-2-4-24-8-13)11-19(16)32-22(20)27-12-26-21/h4,6-9,12H,2-3,5,10-11H2,1H3,(H,26,27,28). The van der Waals surface area contributed by atoms with Gasteiger partial charge in [0.2, 0.25) is 0 Å². The second-order valence-electron chi connectivity index (χ2n) is 7.92. The number of aromatic nitrogens is 2. The zero-order valence-electron chi connectivity index (χ0n) is 17.5. The summed E-state index contributed by atoms with van der Waals surface area (Å²) < 4.78 is 5.62. The SMILES string of the molecule is COc1cc2c(cc1Nc1ncnc3sc4c(c13)CCN(C(=O)C1=CN=CC1)C4)C=NC2. The number of amides is 1. The number of hydrogen-bond donors (Lipinski definition) is 1. The quantitative estimate of drug-likeness (QED) is 0.664. The molecule has 1 amide bonds. The lowest BCUT2D eigenvalue weighted by molar-refractivity contribution is -0.128. The number of nitrogens with zero attached hydrogens (tertiary/aromatic N) is 5. The molecule has 32 heavy (non-hydrogen) atoms. The normalized spacial score (nSPS) is 16.3. The molecule has 8 nitrogen and oxygen atoms in total. The highest BCUT2D eigenvalue weighted by molar-refractivity contribution is 7.19.